The Hall–Kier alpha value is -8.46. The van der Waals surface area contributed by atoms with Gasteiger partial charge in [-0.25, -0.2) is 0 Å². The first-order valence-corrected chi connectivity index (χ1v) is 22.2. The van der Waals surface area contributed by atoms with Crippen LogP contribution in [-0.2, 0) is 0 Å². The Labute approximate surface area is 370 Å². The summed E-state index contributed by atoms with van der Waals surface area (Å²) in [6, 6.07) is 85.2. The summed E-state index contributed by atoms with van der Waals surface area (Å²) in [5.74, 6) is 0. The number of fused-ring (bicyclic) bond motifs is 11. The second kappa shape index (κ2) is 13.5. The molecule has 0 saturated carbocycles. The molecule has 0 N–H and O–H groups in total. The molecule has 11 aromatic carbocycles. The van der Waals surface area contributed by atoms with E-state index in [9.17, 15) is 0 Å². The molecular weight excluding hydrogens is 773 g/mol. The van der Waals surface area contributed by atoms with Crippen molar-refractivity contribution in [2.24, 2.45) is 0 Å². The third-order valence-electron chi connectivity index (χ3n) is 13.9. The van der Waals surface area contributed by atoms with E-state index in [1.807, 2.05) is 0 Å². The van der Waals surface area contributed by atoms with Crippen LogP contribution in [0.1, 0.15) is 0 Å². The van der Waals surface area contributed by atoms with Crippen LogP contribution in [0.25, 0.3) is 132 Å². The summed E-state index contributed by atoms with van der Waals surface area (Å²) in [5, 5.41) is 10.1. The van der Waals surface area contributed by atoms with E-state index in [-0.39, 0.29) is 0 Å². The lowest BCUT2D eigenvalue weighted by Gasteiger charge is -2.14. The van der Waals surface area contributed by atoms with Crippen molar-refractivity contribution in [1.82, 2.24) is 9.13 Å². The van der Waals surface area contributed by atoms with E-state index >= 15 is 0 Å². The minimum atomic E-state index is 1.15. The van der Waals surface area contributed by atoms with Gasteiger partial charge in [0.1, 0.15) is 0 Å². The molecule has 0 unspecified atom stereocenters. The van der Waals surface area contributed by atoms with Crippen molar-refractivity contribution in [3.63, 3.8) is 0 Å². The molecule has 0 saturated heterocycles. The summed E-state index contributed by atoms with van der Waals surface area (Å²) in [7, 11) is 0. The van der Waals surface area contributed by atoms with E-state index in [1.165, 1.54) is 126 Å². The number of nitrogens with zero attached hydrogens (tertiary/aromatic N) is 2. The number of hydrogen-bond donors (Lipinski definition) is 0. The zero-order valence-corrected chi connectivity index (χ0v) is 34.8. The summed E-state index contributed by atoms with van der Waals surface area (Å²) in [6.07, 6.45) is 0. The van der Waals surface area contributed by atoms with Crippen LogP contribution in [0, 0.1) is 0 Å². The third-order valence-corrected chi connectivity index (χ3v) is 13.9. The largest absolute Gasteiger partial charge is 0.309 e. The first-order chi connectivity index (χ1) is 31.8. The second-order valence-electron chi connectivity index (χ2n) is 17.2. The summed E-state index contributed by atoms with van der Waals surface area (Å²) in [5.41, 5.74) is 19.8. The van der Waals surface area contributed by atoms with Gasteiger partial charge in [0.2, 0.25) is 0 Å². The molecule has 2 heteroatoms. The number of para-hydroxylation sites is 2. The highest BCUT2D eigenvalue weighted by atomic mass is 15.0. The third kappa shape index (κ3) is 5.02. The zero-order chi connectivity index (χ0) is 41.9. The smallest absolute Gasteiger partial charge is 0.0619 e. The lowest BCUT2D eigenvalue weighted by molar-refractivity contribution is 1.18. The number of rotatable bonds is 5. The van der Waals surface area contributed by atoms with Gasteiger partial charge in [-0.15, -0.1) is 0 Å². The highest BCUT2D eigenvalue weighted by Crippen LogP contribution is 2.49. The van der Waals surface area contributed by atoms with E-state index in [0.29, 0.717) is 0 Å². The highest BCUT2D eigenvalue weighted by Gasteiger charge is 2.23. The van der Waals surface area contributed by atoms with Crippen LogP contribution in [0.3, 0.4) is 0 Å². The molecule has 0 fully saturated rings. The minimum Gasteiger partial charge on any atom is -0.309 e. The van der Waals surface area contributed by atoms with Gasteiger partial charge in [0.25, 0.3) is 0 Å². The monoisotopic (exact) mass is 810 g/mol. The van der Waals surface area contributed by atoms with Gasteiger partial charge in [0, 0.05) is 38.2 Å². The Morgan fingerprint density at radius 2 is 0.797 bits per heavy atom. The van der Waals surface area contributed by atoms with Gasteiger partial charge < -0.3 is 9.13 Å². The SMILES string of the molecule is c1ccc(-c2ccccc2-n2c3ccccc3c3cc(-c4ccc5c(c4)c4ccc6ccccc6c4n5-c4ccc(-c5ccc6c7c(cccc57)-c5ccccc5-6)cc4)ccc32)cc1. The van der Waals surface area contributed by atoms with Gasteiger partial charge >= 0.3 is 0 Å². The van der Waals surface area contributed by atoms with Crippen LogP contribution in [0.5, 0.6) is 0 Å². The fraction of sp³-hybridized carbons (Fsp3) is 0. The summed E-state index contributed by atoms with van der Waals surface area (Å²) < 4.78 is 4.92. The minimum absolute atomic E-state index is 1.15. The Bertz CT molecular complexity index is 4020. The second-order valence-corrected chi connectivity index (χ2v) is 17.2. The van der Waals surface area contributed by atoms with E-state index < -0.39 is 0 Å². The van der Waals surface area contributed by atoms with Gasteiger partial charge in [-0.05, 0) is 115 Å². The molecular formula is C62H38N2. The fourth-order valence-corrected chi connectivity index (χ4v) is 11.0. The lowest BCUT2D eigenvalue weighted by atomic mass is 9.94. The average molecular weight is 811 g/mol. The first kappa shape index (κ1) is 35.2. The molecule has 2 aromatic heterocycles. The number of hydrogen-bond acceptors (Lipinski definition) is 0. The maximum absolute atomic E-state index is 2.48. The quantitative estimate of drug-likeness (QED) is 0.164. The van der Waals surface area contributed by atoms with Crippen molar-refractivity contribution >= 4 is 65.2 Å². The predicted molar refractivity (Wildman–Crippen MR) is 271 cm³/mol. The van der Waals surface area contributed by atoms with E-state index in [1.54, 1.807) is 0 Å². The molecule has 1 aliphatic rings. The van der Waals surface area contributed by atoms with E-state index in [0.717, 1.165) is 5.69 Å². The molecule has 14 rings (SSSR count). The van der Waals surface area contributed by atoms with Gasteiger partial charge in [-0.1, -0.05) is 182 Å². The predicted octanol–water partition coefficient (Wildman–Crippen LogP) is 16.8. The van der Waals surface area contributed by atoms with Crippen molar-refractivity contribution < 1.29 is 0 Å². The Kier molecular flexibility index (Phi) is 7.43. The van der Waals surface area contributed by atoms with Crippen molar-refractivity contribution in [1.29, 1.82) is 0 Å². The van der Waals surface area contributed by atoms with Crippen molar-refractivity contribution in [2.75, 3.05) is 0 Å². The molecule has 0 atom stereocenters. The molecule has 0 spiro atoms. The van der Waals surface area contributed by atoms with E-state index in [4.69, 9.17) is 0 Å². The zero-order valence-electron chi connectivity index (χ0n) is 34.8. The van der Waals surface area contributed by atoms with Gasteiger partial charge in [-0.2, -0.15) is 0 Å². The molecule has 13 aromatic rings. The molecule has 64 heavy (non-hydrogen) atoms. The van der Waals surface area contributed by atoms with Crippen LogP contribution in [-0.4, -0.2) is 9.13 Å². The normalized spacial score (nSPS) is 12.1. The van der Waals surface area contributed by atoms with Crippen LogP contribution in [0.2, 0.25) is 0 Å². The Morgan fingerprint density at radius 1 is 0.250 bits per heavy atom. The topological polar surface area (TPSA) is 9.86 Å². The van der Waals surface area contributed by atoms with Crippen LogP contribution in [0.4, 0.5) is 0 Å². The van der Waals surface area contributed by atoms with Gasteiger partial charge in [0.15, 0.2) is 0 Å². The summed E-state index contributed by atoms with van der Waals surface area (Å²) in [4.78, 5) is 0. The van der Waals surface area contributed by atoms with Gasteiger partial charge in [-0.3, -0.25) is 0 Å². The van der Waals surface area contributed by atoms with Crippen LogP contribution >= 0.6 is 0 Å². The molecule has 296 valence electrons. The molecule has 0 amide bonds. The van der Waals surface area contributed by atoms with Crippen molar-refractivity contribution in [3.05, 3.63) is 231 Å². The summed E-state index contributed by atoms with van der Waals surface area (Å²) >= 11 is 0. The number of aromatic nitrogens is 2. The Balaban J connectivity index is 0.919. The average Bonchev–Trinajstić information content (AvgIpc) is 4.00. The molecule has 0 aliphatic heterocycles. The molecule has 2 nitrogen and oxygen atoms in total. The molecule has 0 bridgehead atoms. The summed E-state index contributed by atoms with van der Waals surface area (Å²) in [6.45, 7) is 0. The van der Waals surface area contributed by atoms with Crippen molar-refractivity contribution in [3.8, 4) is 67.0 Å². The van der Waals surface area contributed by atoms with Crippen molar-refractivity contribution in [2.45, 2.75) is 0 Å². The highest BCUT2D eigenvalue weighted by molar-refractivity contribution is 6.21. The molecule has 2 heterocycles. The maximum Gasteiger partial charge on any atom is 0.0619 e. The molecule has 0 radical (unpaired) electrons. The maximum atomic E-state index is 2.48. The standard InChI is InChI=1S/C62H38N2/c1-2-13-39(14-3-1)46-16-8-10-23-57(46)64-58-24-11-9-20-50(58)55-37-42(29-36-60(55)64)43-28-35-59-56(38-43)54-32-27-40-15-4-5-17-47(40)62(54)63(59)44-30-25-41(26-31-44)45-33-34-53-49-19-7-6-18-48(49)52-22-12-21-51(45)61(52)53/h1-38H. The van der Waals surface area contributed by atoms with Crippen LogP contribution in [0.15, 0.2) is 231 Å². The van der Waals surface area contributed by atoms with E-state index in [2.05, 4.69) is 240 Å². The van der Waals surface area contributed by atoms with Crippen LogP contribution < -0.4 is 0 Å². The number of benzene rings is 11. The fourth-order valence-electron chi connectivity index (χ4n) is 11.0. The Morgan fingerprint density at radius 3 is 1.59 bits per heavy atom. The molecule has 1 aliphatic carbocycles. The van der Waals surface area contributed by atoms with Gasteiger partial charge in [0.05, 0.1) is 27.8 Å². The first-order valence-electron chi connectivity index (χ1n) is 22.2. The lowest BCUT2D eigenvalue weighted by Crippen LogP contribution is -1.97.